The van der Waals surface area contributed by atoms with E-state index in [1.165, 1.54) is 17.7 Å². The summed E-state index contributed by atoms with van der Waals surface area (Å²) in [6.07, 6.45) is 7.08. The van der Waals surface area contributed by atoms with Crippen LogP contribution < -0.4 is 10.1 Å². The lowest BCUT2D eigenvalue weighted by atomic mass is 10.0. The Hall–Kier alpha value is -1.84. The van der Waals surface area contributed by atoms with E-state index in [9.17, 15) is 4.39 Å². The Morgan fingerprint density at radius 3 is 2.79 bits per heavy atom. The zero-order valence-electron chi connectivity index (χ0n) is 17.2. The third kappa shape index (κ3) is 7.17. The van der Waals surface area contributed by atoms with Gasteiger partial charge in [-0.1, -0.05) is 0 Å². The maximum atomic E-state index is 12.9. The normalized spacial score (nSPS) is 16.6. The molecule has 0 saturated carbocycles. The van der Waals surface area contributed by atoms with Crippen LogP contribution in [0.4, 0.5) is 4.39 Å². The lowest BCUT2D eigenvalue weighted by Crippen LogP contribution is -2.40. The topological polar surface area (TPSA) is 54.7 Å². The Morgan fingerprint density at radius 2 is 2.10 bits per heavy atom. The standard InChI is InChI=1S/C21H30FN5O.HI/c1-3-23-21(27-12-10-17(16-27)18-14-25-26(2)15-18)24-11-4-5-13-28-20-8-6-19(22)7-9-20;/h6-9,14-15,17H,3-5,10-13,16H2,1-2H3,(H,23,24);1H. The van der Waals surface area contributed by atoms with E-state index in [0.29, 0.717) is 18.3 Å². The summed E-state index contributed by atoms with van der Waals surface area (Å²) < 4.78 is 20.4. The monoisotopic (exact) mass is 515 g/mol. The van der Waals surface area contributed by atoms with Crippen LogP contribution in [0.2, 0.25) is 0 Å². The molecule has 2 heterocycles. The van der Waals surface area contributed by atoms with Crippen molar-refractivity contribution in [3.63, 3.8) is 0 Å². The second-order valence-corrected chi connectivity index (χ2v) is 7.12. The quantitative estimate of drug-likeness (QED) is 0.252. The highest BCUT2D eigenvalue weighted by atomic mass is 127. The van der Waals surface area contributed by atoms with Crippen LogP contribution in [-0.4, -0.2) is 53.4 Å². The van der Waals surface area contributed by atoms with E-state index >= 15 is 0 Å². The van der Waals surface area contributed by atoms with E-state index in [4.69, 9.17) is 9.73 Å². The number of aromatic nitrogens is 2. The molecule has 1 aliphatic heterocycles. The van der Waals surface area contributed by atoms with Crippen molar-refractivity contribution in [1.82, 2.24) is 20.0 Å². The van der Waals surface area contributed by atoms with Gasteiger partial charge in [0.05, 0.1) is 12.8 Å². The first-order valence-corrected chi connectivity index (χ1v) is 10.1. The molecule has 2 aromatic rings. The number of unbranched alkanes of at least 4 members (excludes halogenated alkanes) is 1. The van der Waals surface area contributed by atoms with E-state index in [1.54, 1.807) is 12.1 Å². The molecule has 1 unspecified atom stereocenters. The third-order valence-corrected chi connectivity index (χ3v) is 4.92. The van der Waals surface area contributed by atoms with Crippen molar-refractivity contribution in [2.45, 2.75) is 32.1 Å². The average Bonchev–Trinajstić information content (AvgIpc) is 3.34. The van der Waals surface area contributed by atoms with Crippen LogP contribution in [0.25, 0.3) is 0 Å². The molecule has 1 N–H and O–H groups in total. The molecule has 0 amide bonds. The fraction of sp³-hybridized carbons (Fsp3) is 0.524. The molecule has 3 rings (SSSR count). The van der Waals surface area contributed by atoms with Gasteiger partial charge in [-0.25, -0.2) is 4.39 Å². The molecule has 160 valence electrons. The van der Waals surface area contributed by atoms with E-state index in [1.807, 2.05) is 17.9 Å². The number of halogens is 2. The van der Waals surface area contributed by atoms with Gasteiger partial charge in [-0.2, -0.15) is 5.10 Å². The fourth-order valence-corrected chi connectivity index (χ4v) is 3.42. The van der Waals surface area contributed by atoms with Gasteiger partial charge >= 0.3 is 0 Å². The van der Waals surface area contributed by atoms with Gasteiger partial charge in [0.25, 0.3) is 0 Å². The molecule has 1 aliphatic rings. The molecule has 1 saturated heterocycles. The predicted molar refractivity (Wildman–Crippen MR) is 125 cm³/mol. The van der Waals surface area contributed by atoms with Crippen molar-refractivity contribution >= 4 is 29.9 Å². The van der Waals surface area contributed by atoms with E-state index < -0.39 is 0 Å². The molecule has 6 nitrogen and oxygen atoms in total. The number of nitrogens with one attached hydrogen (secondary N) is 1. The van der Waals surface area contributed by atoms with Crippen LogP contribution >= 0.6 is 24.0 Å². The number of likely N-dealkylation sites (tertiary alicyclic amines) is 1. The first-order chi connectivity index (χ1) is 13.7. The Balaban J connectivity index is 0.00000300. The van der Waals surface area contributed by atoms with Gasteiger partial charge in [-0.15, -0.1) is 24.0 Å². The Morgan fingerprint density at radius 1 is 1.31 bits per heavy atom. The maximum Gasteiger partial charge on any atom is 0.193 e. The van der Waals surface area contributed by atoms with Crippen molar-refractivity contribution in [1.29, 1.82) is 0 Å². The third-order valence-electron chi connectivity index (χ3n) is 4.92. The number of aliphatic imine (C=N–C) groups is 1. The van der Waals surface area contributed by atoms with Crippen molar-refractivity contribution in [2.24, 2.45) is 12.0 Å². The minimum absolute atomic E-state index is 0. The van der Waals surface area contributed by atoms with Gasteiger partial charge < -0.3 is 15.0 Å². The Bertz CT molecular complexity index is 765. The first kappa shape index (κ1) is 23.4. The smallest absolute Gasteiger partial charge is 0.193 e. The molecular weight excluding hydrogens is 484 g/mol. The second-order valence-electron chi connectivity index (χ2n) is 7.12. The summed E-state index contributed by atoms with van der Waals surface area (Å²) in [6.45, 7) is 6.33. The number of hydrogen-bond donors (Lipinski definition) is 1. The number of guanidine groups is 1. The van der Waals surface area contributed by atoms with Gasteiger partial charge in [-0.3, -0.25) is 9.67 Å². The number of aryl methyl sites for hydroxylation is 1. The lowest BCUT2D eigenvalue weighted by molar-refractivity contribution is 0.307. The zero-order valence-corrected chi connectivity index (χ0v) is 19.5. The van der Waals surface area contributed by atoms with E-state index in [2.05, 4.69) is 28.4 Å². The number of hydrogen-bond acceptors (Lipinski definition) is 3. The highest BCUT2D eigenvalue weighted by Gasteiger charge is 2.26. The Kier molecular flexibility index (Phi) is 9.69. The van der Waals surface area contributed by atoms with Crippen LogP contribution in [0.3, 0.4) is 0 Å². The van der Waals surface area contributed by atoms with Gasteiger partial charge in [0.15, 0.2) is 5.96 Å². The molecule has 0 radical (unpaired) electrons. The van der Waals surface area contributed by atoms with Crippen LogP contribution in [0.1, 0.15) is 37.7 Å². The Labute approximate surface area is 189 Å². The summed E-state index contributed by atoms with van der Waals surface area (Å²) in [4.78, 5) is 7.13. The minimum atomic E-state index is -0.245. The molecular formula is C21H31FIN5O. The summed E-state index contributed by atoms with van der Waals surface area (Å²) in [5.74, 6) is 1.97. The van der Waals surface area contributed by atoms with Crippen molar-refractivity contribution in [2.75, 3.05) is 32.8 Å². The molecule has 8 heteroatoms. The first-order valence-electron chi connectivity index (χ1n) is 10.1. The summed E-state index contributed by atoms with van der Waals surface area (Å²) in [5, 5.41) is 7.71. The van der Waals surface area contributed by atoms with Crippen LogP contribution in [0.5, 0.6) is 5.75 Å². The van der Waals surface area contributed by atoms with Crippen LogP contribution in [0.15, 0.2) is 41.7 Å². The number of benzene rings is 1. The summed E-state index contributed by atoms with van der Waals surface area (Å²) in [5.41, 5.74) is 1.30. The maximum absolute atomic E-state index is 12.9. The molecule has 1 atom stereocenters. The largest absolute Gasteiger partial charge is 0.494 e. The van der Waals surface area contributed by atoms with Crippen LogP contribution in [-0.2, 0) is 7.05 Å². The van der Waals surface area contributed by atoms with Gasteiger partial charge in [-0.05, 0) is 56.0 Å². The average molecular weight is 515 g/mol. The fourth-order valence-electron chi connectivity index (χ4n) is 3.42. The minimum Gasteiger partial charge on any atom is -0.494 e. The van der Waals surface area contributed by atoms with Gasteiger partial charge in [0.2, 0.25) is 0 Å². The molecule has 0 spiro atoms. The van der Waals surface area contributed by atoms with Gasteiger partial charge in [0.1, 0.15) is 11.6 Å². The van der Waals surface area contributed by atoms with Crippen molar-refractivity contribution in [3.8, 4) is 5.75 Å². The van der Waals surface area contributed by atoms with Gasteiger partial charge in [0, 0.05) is 45.3 Å². The second kappa shape index (κ2) is 12.0. The van der Waals surface area contributed by atoms with E-state index in [-0.39, 0.29) is 29.8 Å². The highest BCUT2D eigenvalue weighted by molar-refractivity contribution is 14.0. The van der Waals surface area contributed by atoms with Crippen LogP contribution in [0, 0.1) is 5.82 Å². The molecule has 29 heavy (non-hydrogen) atoms. The lowest BCUT2D eigenvalue weighted by Gasteiger charge is -2.21. The highest BCUT2D eigenvalue weighted by Crippen LogP contribution is 2.26. The number of nitrogens with zero attached hydrogens (tertiary/aromatic N) is 4. The number of ether oxygens (including phenoxy) is 1. The molecule has 1 fully saturated rings. The molecule has 0 bridgehead atoms. The zero-order chi connectivity index (χ0) is 19.8. The summed E-state index contributed by atoms with van der Waals surface area (Å²) in [6, 6.07) is 6.14. The SMILES string of the molecule is CCNC(=NCCCCOc1ccc(F)cc1)N1CCC(c2cnn(C)c2)C1.I. The summed E-state index contributed by atoms with van der Waals surface area (Å²) >= 11 is 0. The van der Waals surface area contributed by atoms with E-state index in [0.717, 1.165) is 51.4 Å². The predicted octanol–water partition coefficient (Wildman–Crippen LogP) is 3.79. The molecule has 1 aromatic carbocycles. The molecule has 1 aromatic heterocycles. The number of rotatable bonds is 8. The van der Waals surface area contributed by atoms with Crippen molar-refractivity contribution in [3.05, 3.63) is 48.0 Å². The summed E-state index contributed by atoms with van der Waals surface area (Å²) in [7, 11) is 1.96. The van der Waals surface area contributed by atoms with Crippen molar-refractivity contribution < 1.29 is 9.13 Å². The molecule has 0 aliphatic carbocycles.